The van der Waals surface area contributed by atoms with E-state index < -0.39 is 35.4 Å². The molecular formula is C26H29N5O7. The van der Waals surface area contributed by atoms with Crippen molar-refractivity contribution in [1.82, 2.24) is 20.4 Å². The standard InChI is InChI=1S/C26H29N5O7/c1-4-7-21(31-13-6-8-19(26(31)36)29-24(34)20-14-16(3)38-30-20)25(35)28-18(9-10-22(32)37-5-2)15-17-11-12-27-23(17)33/h1,6,8-10,13-14,17-18,21H,5,7,11-12,15H2,2-3H3,(H,27,33)(H,28,35)(H,29,34)/b10-9+/t17?,18-,21?/m1/s1. The van der Waals surface area contributed by atoms with Crippen molar-refractivity contribution in [3.05, 3.63) is 58.4 Å². The summed E-state index contributed by atoms with van der Waals surface area (Å²) in [6, 6.07) is 2.45. The van der Waals surface area contributed by atoms with Gasteiger partial charge in [-0.05, 0) is 38.8 Å². The fraction of sp³-hybridized carbons (Fsp3) is 0.385. The van der Waals surface area contributed by atoms with Crippen LogP contribution in [0.4, 0.5) is 5.69 Å². The quantitative estimate of drug-likeness (QED) is 0.224. The number of nitrogens with zero attached hydrogens (tertiary/aromatic N) is 2. The van der Waals surface area contributed by atoms with Gasteiger partial charge in [0.15, 0.2) is 5.69 Å². The second-order valence-electron chi connectivity index (χ2n) is 8.57. The van der Waals surface area contributed by atoms with Crippen LogP contribution in [0.3, 0.4) is 0 Å². The van der Waals surface area contributed by atoms with Crippen LogP contribution >= 0.6 is 0 Å². The second kappa shape index (κ2) is 13.0. The first-order valence-corrected chi connectivity index (χ1v) is 12.1. The summed E-state index contributed by atoms with van der Waals surface area (Å²) >= 11 is 0. The number of rotatable bonds is 11. The summed E-state index contributed by atoms with van der Waals surface area (Å²) in [6.07, 6.45) is 10.2. The molecule has 1 saturated heterocycles. The fourth-order valence-electron chi connectivity index (χ4n) is 3.97. The number of aromatic nitrogens is 2. The number of carbonyl (C=O) groups is 4. The molecule has 3 rings (SSSR count). The molecule has 0 saturated carbocycles. The van der Waals surface area contributed by atoms with E-state index in [2.05, 4.69) is 27.0 Å². The molecule has 200 valence electrons. The van der Waals surface area contributed by atoms with Crippen LogP contribution in [0.15, 0.2) is 45.9 Å². The van der Waals surface area contributed by atoms with Gasteiger partial charge in [0.25, 0.3) is 11.5 Å². The zero-order chi connectivity index (χ0) is 27.7. The molecule has 38 heavy (non-hydrogen) atoms. The molecule has 3 amide bonds. The highest BCUT2D eigenvalue weighted by molar-refractivity contribution is 6.02. The van der Waals surface area contributed by atoms with E-state index in [9.17, 15) is 24.0 Å². The summed E-state index contributed by atoms with van der Waals surface area (Å²) in [5.74, 6) is 0.466. The minimum Gasteiger partial charge on any atom is -0.463 e. The van der Waals surface area contributed by atoms with Crippen LogP contribution in [-0.2, 0) is 19.1 Å². The Hall–Kier alpha value is -4.66. The number of amides is 3. The summed E-state index contributed by atoms with van der Waals surface area (Å²) in [7, 11) is 0. The van der Waals surface area contributed by atoms with Gasteiger partial charge in [-0.1, -0.05) is 11.2 Å². The van der Waals surface area contributed by atoms with E-state index in [-0.39, 0.29) is 42.7 Å². The minimum atomic E-state index is -1.13. The molecule has 12 nitrogen and oxygen atoms in total. The third-order valence-electron chi connectivity index (χ3n) is 5.81. The van der Waals surface area contributed by atoms with Crippen molar-refractivity contribution in [2.45, 2.75) is 45.2 Å². The highest BCUT2D eigenvalue weighted by atomic mass is 16.5. The van der Waals surface area contributed by atoms with E-state index in [1.54, 1.807) is 13.8 Å². The van der Waals surface area contributed by atoms with Crippen LogP contribution in [0.1, 0.15) is 48.5 Å². The second-order valence-corrected chi connectivity index (χ2v) is 8.57. The number of anilines is 1. The minimum absolute atomic E-state index is 0.0117. The summed E-state index contributed by atoms with van der Waals surface area (Å²) in [5, 5.41) is 11.6. The predicted octanol–water partition coefficient (Wildman–Crippen LogP) is 1.09. The highest BCUT2D eigenvalue weighted by Gasteiger charge is 2.29. The summed E-state index contributed by atoms with van der Waals surface area (Å²) < 4.78 is 10.9. The van der Waals surface area contributed by atoms with Crippen molar-refractivity contribution in [3.63, 3.8) is 0 Å². The number of terminal acetylenes is 1. The van der Waals surface area contributed by atoms with Crippen molar-refractivity contribution in [2.75, 3.05) is 18.5 Å². The van der Waals surface area contributed by atoms with Crippen LogP contribution in [-0.4, -0.2) is 52.6 Å². The average Bonchev–Trinajstić information content (AvgIpc) is 3.50. The average molecular weight is 524 g/mol. The molecule has 1 fully saturated rings. The van der Waals surface area contributed by atoms with Crippen LogP contribution < -0.4 is 21.5 Å². The van der Waals surface area contributed by atoms with Gasteiger partial charge in [-0.2, -0.15) is 0 Å². The number of pyridine rings is 1. The Labute approximate surface area is 218 Å². The zero-order valence-electron chi connectivity index (χ0n) is 21.1. The SMILES string of the molecule is C#CCC(C(=O)N[C@H](/C=C/C(=O)OCC)CC1CCNC1=O)n1cccc(NC(=O)c2cc(C)on2)c1=O. The molecule has 0 bridgehead atoms. The zero-order valence-corrected chi connectivity index (χ0v) is 21.1. The maximum absolute atomic E-state index is 13.4. The molecule has 0 aliphatic carbocycles. The Balaban J connectivity index is 1.83. The van der Waals surface area contributed by atoms with Crippen LogP contribution in [0.2, 0.25) is 0 Å². The Morgan fingerprint density at radius 1 is 1.39 bits per heavy atom. The van der Waals surface area contributed by atoms with Gasteiger partial charge in [0, 0.05) is 43.3 Å². The Bertz CT molecular complexity index is 1320. The number of nitrogens with one attached hydrogen (secondary N) is 3. The number of hydrogen-bond donors (Lipinski definition) is 3. The molecule has 3 heterocycles. The molecule has 2 unspecified atom stereocenters. The number of esters is 1. The summed E-state index contributed by atoms with van der Waals surface area (Å²) in [4.78, 5) is 63.0. The molecule has 0 aromatic carbocycles. The van der Waals surface area contributed by atoms with E-state index in [1.807, 2.05) is 0 Å². The first-order chi connectivity index (χ1) is 18.2. The summed E-state index contributed by atoms with van der Waals surface area (Å²) in [6.45, 7) is 3.99. The van der Waals surface area contributed by atoms with Crippen LogP contribution in [0.5, 0.6) is 0 Å². The normalized spacial score (nSPS) is 16.3. The van der Waals surface area contributed by atoms with Crippen LogP contribution in [0, 0.1) is 25.2 Å². The van der Waals surface area contributed by atoms with Crippen LogP contribution in [0.25, 0.3) is 0 Å². The lowest BCUT2D eigenvalue weighted by Crippen LogP contribution is -2.43. The number of ether oxygens (including phenoxy) is 1. The van der Waals surface area contributed by atoms with Gasteiger partial charge in [0.2, 0.25) is 11.8 Å². The van der Waals surface area contributed by atoms with Crippen molar-refractivity contribution in [3.8, 4) is 12.3 Å². The number of aryl methyl sites for hydroxylation is 1. The third-order valence-corrected chi connectivity index (χ3v) is 5.81. The van der Waals surface area contributed by atoms with Gasteiger partial charge >= 0.3 is 5.97 Å². The smallest absolute Gasteiger partial charge is 0.330 e. The topological polar surface area (TPSA) is 162 Å². The van der Waals surface area contributed by atoms with Gasteiger partial charge in [0.1, 0.15) is 17.5 Å². The predicted molar refractivity (Wildman–Crippen MR) is 136 cm³/mol. The van der Waals surface area contributed by atoms with Gasteiger partial charge in [-0.25, -0.2) is 4.79 Å². The molecule has 1 aliphatic heterocycles. The van der Waals surface area contributed by atoms with Crippen molar-refractivity contribution in [2.24, 2.45) is 5.92 Å². The van der Waals surface area contributed by atoms with E-state index in [0.717, 1.165) is 4.57 Å². The Morgan fingerprint density at radius 2 is 2.18 bits per heavy atom. The lowest BCUT2D eigenvalue weighted by atomic mass is 9.97. The highest BCUT2D eigenvalue weighted by Crippen LogP contribution is 2.19. The Morgan fingerprint density at radius 3 is 2.82 bits per heavy atom. The molecule has 3 N–H and O–H groups in total. The van der Waals surface area contributed by atoms with Gasteiger partial charge in [0.05, 0.1) is 6.61 Å². The molecule has 0 radical (unpaired) electrons. The molecule has 1 aliphatic rings. The molecule has 12 heteroatoms. The first-order valence-electron chi connectivity index (χ1n) is 12.1. The van der Waals surface area contributed by atoms with Crippen molar-refractivity contribution < 1.29 is 28.4 Å². The lowest BCUT2D eigenvalue weighted by Gasteiger charge is -2.23. The van der Waals surface area contributed by atoms with Gasteiger partial charge in [-0.3, -0.25) is 19.2 Å². The fourth-order valence-corrected chi connectivity index (χ4v) is 3.97. The van der Waals surface area contributed by atoms with E-state index >= 15 is 0 Å². The molecule has 3 atom stereocenters. The lowest BCUT2D eigenvalue weighted by molar-refractivity contribution is -0.137. The molecule has 2 aromatic rings. The van der Waals surface area contributed by atoms with E-state index in [4.69, 9.17) is 15.7 Å². The number of carbonyl (C=O) groups excluding carboxylic acids is 4. The van der Waals surface area contributed by atoms with Gasteiger partial charge in [-0.15, -0.1) is 12.3 Å². The monoisotopic (exact) mass is 523 g/mol. The summed E-state index contributed by atoms with van der Waals surface area (Å²) in [5.41, 5.74) is -0.762. The number of hydrogen-bond acceptors (Lipinski definition) is 8. The third kappa shape index (κ3) is 7.19. The van der Waals surface area contributed by atoms with Crippen molar-refractivity contribution >= 4 is 29.4 Å². The molecule has 2 aromatic heterocycles. The molecule has 0 spiro atoms. The molecular weight excluding hydrogens is 494 g/mol. The maximum atomic E-state index is 13.4. The maximum Gasteiger partial charge on any atom is 0.330 e. The Kier molecular flexibility index (Phi) is 9.59. The van der Waals surface area contributed by atoms with E-state index in [1.165, 1.54) is 36.5 Å². The van der Waals surface area contributed by atoms with Crippen molar-refractivity contribution in [1.29, 1.82) is 0 Å². The van der Waals surface area contributed by atoms with E-state index in [0.29, 0.717) is 18.7 Å². The largest absolute Gasteiger partial charge is 0.463 e. The first kappa shape index (κ1) is 27.9. The van der Waals surface area contributed by atoms with Gasteiger partial charge < -0.3 is 29.8 Å².